The smallest absolute Gasteiger partial charge is 0.407 e. The van der Waals surface area contributed by atoms with Gasteiger partial charge in [0.2, 0.25) is 5.91 Å². The molecular weight excluding hydrogens is 548 g/mol. The van der Waals surface area contributed by atoms with Crippen molar-refractivity contribution in [1.29, 1.82) is 0 Å². The normalized spacial score (nSPS) is 11.3. The number of nitrogens with zero attached hydrogens (tertiary/aromatic N) is 1. The van der Waals surface area contributed by atoms with E-state index in [1.165, 1.54) is 7.11 Å². The Morgan fingerprint density at radius 1 is 0.860 bits per heavy atom. The molecule has 0 radical (unpaired) electrons. The number of amides is 3. The average Bonchev–Trinajstić information content (AvgIpc) is 3.04. The van der Waals surface area contributed by atoms with E-state index in [0.29, 0.717) is 24.0 Å². The molecule has 0 bridgehead atoms. The topological polar surface area (TPSA) is 136 Å². The molecule has 1 atom stereocenters. The van der Waals surface area contributed by atoms with Crippen molar-refractivity contribution in [2.45, 2.75) is 38.3 Å². The minimum atomic E-state index is -0.934. The van der Waals surface area contributed by atoms with E-state index in [1.807, 2.05) is 66.7 Å². The van der Waals surface area contributed by atoms with Gasteiger partial charge in [-0.1, -0.05) is 72.8 Å². The van der Waals surface area contributed by atoms with Gasteiger partial charge >= 0.3 is 12.1 Å². The number of pyridine rings is 1. The number of aryl methyl sites for hydroxylation is 1. The van der Waals surface area contributed by atoms with Crippen molar-refractivity contribution in [3.8, 4) is 0 Å². The van der Waals surface area contributed by atoms with Crippen LogP contribution < -0.4 is 16.0 Å². The van der Waals surface area contributed by atoms with Gasteiger partial charge in [-0.3, -0.25) is 14.4 Å². The molecule has 0 aliphatic carbocycles. The Morgan fingerprint density at radius 3 is 2.42 bits per heavy atom. The van der Waals surface area contributed by atoms with Crippen LogP contribution in [-0.2, 0) is 32.1 Å². The fourth-order valence-electron chi connectivity index (χ4n) is 4.38. The fraction of sp³-hybridized carbons (Fsp3) is 0.242. The van der Waals surface area contributed by atoms with Crippen LogP contribution in [0.25, 0.3) is 10.9 Å². The molecule has 0 saturated carbocycles. The van der Waals surface area contributed by atoms with Gasteiger partial charge in [-0.05, 0) is 48.6 Å². The molecule has 0 saturated heterocycles. The number of carbonyl (C=O) groups is 4. The third kappa shape index (κ3) is 9.39. The monoisotopic (exact) mass is 582 g/mol. The number of para-hydroxylation sites is 2. The molecule has 0 aliphatic rings. The summed E-state index contributed by atoms with van der Waals surface area (Å²) in [5.74, 6) is -1.30. The number of fused-ring (bicyclic) bond motifs is 1. The Kier molecular flexibility index (Phi) is 11.2. The number of alkyl carbamates (subject to hydrolysis) is 1. The SMILES string of the molecule is COC(=O)CCc1ccccc1NC(=O)[C@H](CCCNC(=O)OCc1ccccc1)NC(=O)c1ccc2ccccc2n1. The van der Waals surface area contributed by atoms with Gasteiger partial charge in [0.1, 0.15) is 18.3 Å². The molecule has 0 aliphatic heterocycles. The number of methoxy groups -OCH3 is 1. The predicted molar refractivity (Wildman–Crippen MR) is 162 cm³/mol. The average molecular weight is 583 g/mol. The van der Waals surface area contributed by atoms with E-state index in [-0.39, 0.29) is 37.7 Å². The van der Waals surface area contributed by atoms with Crippen LogP contribution in [0.5, 0.6) is 0 Å². The Bertz CT molecular complexity index is 1560. The molecule has 10 heteroatoms. The van der Waals surface area contributed by atoms with E-state index in [9.17, 15) is 19.2 Å². The number of aromatic nitrogens is 1. The molecule has 1 aromatic heterocycles. The fourth-order valence-corrected chi connectivity index (χ4v) is 4.38. The van der Waals surface area contributed by atoms with Gasteiger partial charge in [0, 0.05) is 24.0 Å². The zero-order valence-electron chi connectivity index (χ0n) is 23.9. The van der Waals surface area contributed by atoms with Crippen molar-refractivity contribution in [3.63, 3.8) is 0 Å². The van der Waals surface area contributed by atoms with Crippen LogP contribution in [0.2, 0.25) is 0 Å². The largest absolute Gasteiger partial charge is 0.469 e. The number of rotatable bonds is 13. The highest BCUT2D eigenvalue weighted by atomic mass is 16.5. The lowest BCUT2D eigenvalue weighted by Gasteiger charge is -2.20. The third-order valence-electron chi connectivity index (χ3n) is 6.71. The first-order chi connectivity index (χ1) is 20.9. The van der Waals surface area contributed by atoms with Crippen molar-refractivity contribution in [2.75, 3.05) is 19.0 Å². The number of hydrogen-bond acceptors (Lipinski definition) is 7. The minimum Gasteiger partial charge on any atom is -0.469 e. The zero-order valence-corrected chi connectivity index (χ0v) is 23.9. The van der Waals surface area contributed by atoms with Gasteiger partial charge in [-0.25, -0.2) is 9.78 Å². The maximum Gasteiger partial charge on any atom is 0.407 e. The predicted octanol–water partition coefficient (Wildman–Crippen LogP) is 4.78. The second kappa shape index (κ2) is 15.7. The Morgan fingerprint density at radius 2 is 1.60 bits per heavy atom. The van der Waals surface area contributed by atoms with Gasteiger partial charge < -0.3 is 25.4 Å². The van der Waals surface area contributed by atoms with Gasteiger partial charge in [0.05, 0.1) is 12.6 Å². The van der Waals surface area contributed by atoms with E-state index in [1.54, 1.807) is 24.3 Å². The first kappa shape index (κ1) is 30.7. The number of esters is 1. The summed E-state index contributed by atoms with van der Waals surface area (Å²) in [6.45, 7) is 0.374. The number of carbonyl (C=O) groups excluding carboxylic acids is 4. The summed E-state index contributed by atoms with van der Waals surface area (Å²) >= 11 is 0. The first-order valence-electron chi connectivity index (χ1n) is 14.0. The molecule has 0 fully saturated rings. The van der Waals surface area contributed by atoms with Crippen LogP contribution in [0.4, 0.5) is 10.5 Å². The number of nitrogens with one attached hydrogen (secondary N) is 3. The highest BCUT2D eigenvalue weighted by Crippen LogP contribution is 2.18. The van der Waals surface area contributed by atoms with Crippen LogP contribution in [0.3, 0.4) is 0 Å². The summed E-state index contributed by atoms with van der Waals surface area (Å²) < 4.78 is 9.97. The summed E-state index contributed by atoms with van der Waals surface area (Å²) in [4.78, 5) is 54.9. The van der Waals surface area contributed by atoms with Crippen molar-refractivity contribution < 1.29 is 28.7 Å². The number of hydrogen-bond donors (Lipinski definition) is 3. The second-order valence-electron chi connectivity index (χ2n) is 9.77. The quantitative estimate of drug-likeness (QED) is 0.152. The number of anilines is 1. The zero-order chi connectivity index (χ0) is 30.4. The molecule has 222 valence electrons. The molecule has 1 heterocycles. The summed E-state index contributed by atoms with van der Waals surface area (Å²) in [5.41, 5.74) is 2.99. The van der Waals surface area contributed by atoms with E-state index in [2.05, 4.69) is 20.9 Å². The Balaban J connectivity index is 1.40. The van der Waals surface area contributed by atoms with Crippen LogP contribution >= 0.6 is 0 Å². The van der Waals surface area contributed by atoms with Crippen molar-refractivity contribution in [3.05, 3.63) is 108 Å². The molecule has 4 rings (SSSR count). The summed E-state index contributed by atoms with van der Waals surface area (Å²) in [6, 6.07) is 26.4. The maximum absolute atomic E-state index is 13.5. The molecule has 4 aromatic rings. The van der Waals surface area contributed by atoms with E-state index in [4.69, 9.17) is 9.47 Å². The molecule has 10 nitrogen and oxygen atoms in total. The van der Waals surface area contributed by atoms with Crippen LogP contribution in [-0.4, -0.2) is 48.6 Å². The maximum atomic E-state index is 13.5. The van der Waals surface area contributed by atoms with Crippen molar-refractivity contribution in [2.24, 2.45) is 0 Å². The Labute approximate surface area is 249 Å². The number of benzene rings is 3. The molecule has 43 heavy (non-hydrogen) atoms. The molecule has 0 unspecified atom stereocenters. The highest BCUT2D eigenvalue weighted by Gasteiger charge is 2.23. The Hall–Kier alpha value is -5.25. The lowest BCUT2D eigenvalue weighted by atomic mass is 10.1. The van der Waals surface area contributed by atoms with Gasteiger partial charge in [-0.15, -0.1) is 0 Å². The van der Waals surface area contributed by atoms with Gasteiger partial charge in [0.15, 0.2) is 0 Å². The second-order valence-corrected chi connectivity index (χ2v) is 9.77. The van der Waals surface area contributed by atoms with Crippen LogP contribution in [0.1, 0.15) is 40.9 Å². The van der Waals surface area contributed by atoms with E-state index < -0.39 is 23.9 Å². The molecular formula is C33H34N4O6. The molecule has 3 N–H and O–H groups in total. The number of ether oxygens (including phenoxy) is 2. The molecule has 0 spiro atoms. The van der Waals surface area contributed by atoms with E-state index >= 15 is 0 Å². The van der Waals surface area contributed by atoms with Crippen molar-refractivity contribution >= 4 is 40.5 Å². The van der Waals surface area contributed by atoms with Crippen molar-refractivity contribution in [1.82, 2.24) is 15.6 Å². The van der Waals surface area contributed by atoms with Crippen LogP contribution in [0.15, 0.2) is 91.0 Å². The molecule has 3 amide bonds. The van der Waals surface area contributed by atoms with Crippen LogP contribution in [0, 0.1) is 0 Å². The summed E-state index contributed by atoms with van der Waals surface area (Å²) in [7, 11) is 1.32. The van der Waals surface area contributed by atoms with E-state index in [0.717, 1.165) is 16.5 Å². The standard InChI is InChI=1S/C33H34N4O6/c1-42-30(38)20-18-25-13-6-8-15-27(25)36-31(39)28(16-9-21-34-33(41)43-22-23-10-3-2-4-11-23)37-32(40)29-19-17-24-12-5-7-14-26(24)35-29/h2-8,10-15,17,19,28H,9,16,18,20-22H2,1H3,(H,34,41)(H,36,39)(H,37,40)/t28-/m0/s1. The first-order valence-corrected chi connectivity index (χ1v) is 14.0. The lowest BCUT2D eigenvalue weighted by molar-refractivity contribution is -0.140. The minimum absolute atomic E-state index is 0.141. The van der Waals surface area contributed by atoms with Gasteiger partial charge in [-0.2, -0.15) is 0 Å². The molecule has 3 aromatic carbocycles. The summed E-state index contributed by atoms with van der Waals surface area (Å²) in [6.07, 6.45) is 0.565. The van der Waals surface area contributed by atoms with Gasteiger partial charge in [0.25, 0.3) is 5.91 Å². The lowest BCUT2D eigenvalue weighted by Crippen LogP contribution is -2.44. The highest BCUT2D eigenvalue weighted by molar-refractivity contribution is 6.01. The third-order valence-corrected chi connectivity index (χ3v) is 6.71. The summed E-state index contributed by atoms with van der Waals surface area (Å²) in [5, 5.41) is 9.26.